The van der Waals surface area contributed by atoms with Crippen LogP contribution in [0.3, 0.4) is 0 Å². The number of sulfonamides is 1. The van der Waals surface area contributed by atoms with Gasteiger partial charge in [-0.2, -0.15) is 0 Å². The third-order valence-electron chi connectivity index (χ3n) is 2.09. The summed E-state index contributed by atoms with van der Waals surface area (Å²) < 4.78 is 22.5. The van der Waals surface area contributed by atoms with Gasteiger partial charge in [-0.3, -0.25) is 0 Å². The average Bonchev–Trinajstić information content (AvgIpc) is 2.60. The SMILES string of the molecule is Nc1cc(-c2cccc(Cl)c2)sc1S(N)(=O)=O. The van der Waals surface area contributed by atoms with Crippen LogP contribution >= 0.6 is 22.9 Å². The molecule has 4 N–H and O–H groups in total. The molecule has 1 aromatic carbocycles. The lowest BCUT2D eigenvalue weighted by atomic mass is 10.2. The highest BCUT2D eigenvalue weighted by molar-refractivity contribution is 7.91. The molecule has 2 rings (SSSR count). The molecule has 0 saturated heterocycles. The first-order valence-electron chi connectivity index (χ1n) is 4.56. The summed E-state index contributed by atoms with van der Waals surface area (Å²) in [7, 11) is -3.77. The molecule has 0 spiro atoms. The van der Waals surface area contributed by atoms with E-state index < -0.39 is 10.0 Å². The fraction of sp³-hybridized carbons (Fsp3) is 0. The lowest BCUT2D eigenvalue weighted by Gasteiger charge is -1.96. The van der Waals surface area contributed by atoms with Crippen LogP contribution in [0.4, 0.5) is 5.69 Å². The Kier molecular flexibility index (Phi) is 3.13. The molecule has 1 heterocycles. The third-order valence-corrected chi connectivity index (χ3v) is 5.02. The first-order chi connectivity index (χ1) is 7.88. The molecule has 0 aliphatic rings. The van der Waals surface area contributed by atoms with Crippen LogP contribution in [0.5, 0.6) is 0 Å². The first kappa shape index (κ1) is 12.4. The largest absolute Gasteiger partial charge is 0.397 e. The van der Waals surface area contributed by atoms with E-state index in [1.54, 1.807) is 24.3 Å². The van der Waals surface area contributed by atoms with Gasteiger partial charge in [-0.1, -0.05) is 23.7 Å². The van der Waals surface area contributed by atoms with Gasteiger partial charge in [0.05, 0.1) is 5.69 Å². The molecule has 0 saturated carbocycles. The van der Waals surface area contributed by atoms with Crippen molar-refractivity contribution in [3.63, 3.8) is 0 Å². The zero-order valence-electron chi connectivity index (χ0n) is 8.55. The number of hydrogen-bond acceptors (Lipinski definition) is 4. The van der Waals surface area contributed by atoms with E-state index in [1.807, 2.05) is 6.07 Å². The maximum absolute atomic E-state index is 11.2. The van der Waals surface area contributed by atoms with Crippen molar-refractivity contribution < 1.29 is 8.42 Å². The first-order valence-corrected chi connectivity index (χ1v) is 7.30. The molecule has 1 aromatic heterocycles. The van der Waals surface area contributed by atoms with E-state index in [1.165, 1.54) is 0 Å². The number of benzene rings is 1. The van der Waals surface area contributed by atoms with Crippen molar-refractivity contribution in [1.29, 1.82) is 0 Å². The van der Waals surface area contributed by atoms with E-state index in [9.17, 15) is 8.42 Å². The van der Waals surface area contributed by atoms with Crippen LogP contribution in [-0.2, 0) is 10.0 Å². The van der Waals surface area contributed by atoms with Gasteiger partial charge in [-0.25, -0.2) is 13.6 Å². The van der Waals surface area contributed by atoms with E-state index in [4.69, 9.17) is 22.5 Å². The molecule has 0 aliphatic heterocycles. The summed E-state index contributed by atoms with van der Waals surface area (Å²) in [5.41, 5.74) is 6.59. The van der Waals surface area contributed by atoms with Crippen molar-refractivity contribution in [3.05, 3.63) is 35.4 Å². The van der Waals surface area contributed by atoms with Gasteiger partial charge in [0, 0.05) is 9.90 Å². The summed E-state index contributed by atoms with van der Waals surface area (Å²) in [6, 6.07) is 8.66. The number of primary sulfonamides is 1. The quantitative estimate of drug-likeness (QED) is 0.889. The number of halogens is 1. The van der Waals surface area contributed by atoms with Gasteiger partial charge < -0.3 is 5.73 Å². The smallest absolute Gasteiger partial charge is 0.249 e. The Balaban J connectivity index is 2.56. The Labute approximate surface area is 108 Å². The molecule has 0 unspecified atom stereocenters. The summed E-state index contributed by atoms with van der Waals surface area (Å²) in [4.78, 5) is 0.717. The molecular formula is C10H9ClN2O2S2. The third kappa shape index (κ3) is 2.61. The second-order valence-electron chi connectivity index (χ2n) is 3.41. The molecule has 0 fully saturated rings. The van der Waals surface area contributed by atoms with Gasteiger partial charge in [-0.15, -0.1) is 11.3 Å². The Bertz CT molecular complexity index is 665. The molecule has 7 heteroatoms. The highest BCUT2D eigenvalue weighted by Gasteiger charge is 2.17. The monoisotopic (exact) mass is 288 g/mol. The Hall–Kier alpha value is -1.08. The molecule has 0 atom stereocenters. The molecule has 0 radical (unpaired) electrons. The number of thiophene rings is 1. The normalized spacial score (nSPS) is 11.6. The van der Waals surface area contributed by atoms with E-state index in [0.717, 1.165) is 16.9 Å². The average molecular weight is 289 g/mol. The van der Waals surface area contributed by atoms with Crippen molar-refractivity contribution in [2.24, 2.45) is 5.14 Å². The molecule has 90 valence electrons. The summed E-state index contributed by atoms with van der Waals surface area (Å²) in [6.07, 6.45) is 0. The minimum atomic E-state index is -3.77. The van der Waals surface area contributed by atoms with Gasteiger partial charge >= 0.3 is 0 Å². The minimum absolute atomic E-state index is 0.0209. The molecule has 4 nitrogen and oxygen atoms in total. The predicted octanol–water partition coefficient (Wildman–Crippen LogP) is 2.30. The van der Waals surface area contributed by atoms with Gasteiger partial charge in [-0.05, 0) is 23.8 Å². The van der Waals surface area contributed by atoms with Crippen LogP contribution < -0.4 is 10.9 Å². The fourth-order valence-corrected chi connectivity index (χ4v) is 3.51. The molecule has 17 heavy (non-hydrogen) atoms. The standard InChI is InChI=1S/C10H9ClN2O2S2/c11-7-3-1-2-6(4-7)9-5-8(12)10(16-9)17(13,14)15/h1-5H,12H2,(H2,13,14,15). The molecule has 2 aromatic rings. The number of rotatable bonds is 2. The molecule has 0 bridgehead atoms. The van der Waals surface area contributed by atoms with E-state index in [0.29, 0.717) is 9.90 Å². The number of nitrogen functional groups attached to an aromatic ring is 1. The van der Waals surface area contributed by atoms with Crippen LogP contribution in [0.2, 0.25) is 5.02 Å². The van der Waals surface area contributed by atoms with Gasteiger partial charge in [0.2, 0.25) is 10.0 Å². The van der Waals surface area contributed by atoms with Crippen LogP contribution in [0.25, 0.3) is 10.4 Å². The van der Waals surface area contributed by atoms with Crippen LogP contribution in [0, 0.1) is 0 Å². The van der Waals surface area contributed by atoms with Gasteiger partial charge in [0.25, 0.3) is 0 Å². The van der Waals surface area contributed by atoms with E-state index >= 15 is 0 Å². The van der Waals surface area contributed by atoms with E-state index in [-0.39, 0.29) is 9.90 Å². The van der Waals surface area contributed by atoms with Gasteiger partial charge in [0.1, 0.15) is 0 Å². The minimum Gasteiger partial charge on any atom is -0.397 e. The van der Waals surface area contributed by atoms with Gasteiger partial charge in [0.15, 0.2) is 4.21 Å². The van der Waals surface area contributed by atoms with Crippen LogP contribution in [-0.4, -0.2) is 8.42 Å². The summed E-state index contributed by atoms with van der Waals surface area (Å²) >= 11 is 6.89. The topological polar surface area (TPSA) is 86.2 Å². The fourth-order valence-electron chi connectivity index (χ4n) is 1.39. The molecule has 0 amide bonds. The van der Waals surface area contributed by atoms with Crippen LogP contribution in [0.1, 0.15) is 0 Å². The number of anilines is 1. The van der Waals surface area contributed by atoms with Crippen molar-refractivity contribution in [2.45, 2.75) is 4.21 Å². The number of hydrogen-bond donors (Lipinski definition) is 2. The predicted molar refractivity (Wildman–Crippen MR) is 70.6 cm³/mol. The van der Waals surface area contributed by atoms with E-state index in [2.05, 4.69) is 0 Å². The summed E-state index contributed by atoms with van der Waals surface area (Å²) in [6.45, 7) is 0. The summed E-state index contributed by atoms with van der Waals surface area (Å²) in [5, 5.41) is 5.63. The zero-order valence-corrected chi connectivity index (χ0v) is 10.9. The molecular weight excluding hydrogens is 280 g/mol. The van der Waals surface area contributed by atoms with Crippen molar-refractivity contribution in [2.75, 3.05) is 5.73 Å². The van der Waals surface area contributed by atoms with Crippen molar-refractivity contribution >= 4 is 38.6 Å². The summed E-state index contributed by atoms with van der Waals surface area (Å²) in [5.74, 6) is 0. The Morgan fingerprint density at radius 1 is 1.24 bits per heavy atom. The second-order valence-corrected chi connectivity index (χ2v) is 6.65. The Morgan fingerprint density at radius 2 is 1.94 bits per heavy atom. The van der Waals surface area contributed by atoms with Crippen molar-refractivity contribution in [3.8, 4) is 10.4 Å². The zero-order chi connectivity index (χ0) is 12.6. The lowest BCUT2D eigenvalue weighted by Crippen LogP contribution is -2.11. The maximum atomic E-state index is 11.2. The highest BCUT2D eigenvalue weighted by Crippen LogP contribution is 2.36. The number of nitrogens with two attached hydrogens (primary N) is 2. The van der Waals surface area contributed by atoms with Crippen molar-refractivity contribution in [1.82, 2.24) is 0 Å². The highest BCUT2D eigenvalue weighted by atomic mass is 35.5. The lowest BCUT2D eigenvalue weighted by molar-refractivity contribution is 0.600. The maximum Gasteiger partial charge on any atom is 0.249 e. The second kappa shape index (κ2) is 4.30. The molecule has 0 aliphatic carbocycles. The Morgan fingerprint density at radius 3 is 2.47 bits per heavy atom. The van der Waals surface area contributed by atoms with Crippen LogP contribution in [0.15, 0.2) is 34.5 Å².